The zero-order valence-electron chi connectivity index (χ0n) is 28.4. The Kier molecular flexibility index (Phi) is 10.2. The number of nitrogens with zero attached hydrogens (tertiary/aromatic N) is 4. The molecule has 1 atom stereocenters. The summed E-state index contributed by atoms with van der Waals surface area (Å²) in [6.07, 6.45) is 6.53. The number of anilines is 2. The molecule has 0 saturated heterocycles. The second-order valence-corrected chi connectivity index (χ2v) is 18.7. The Morgan fingerprint density at radius 2 is 1.61 bits per heavy atom. The Hall–Kier alpha value is -4.55. The van der Waals surface area contributed by atoms with E-state index >= 15 is 0 Å². The van der Waals surface area contributed by atoms with E-state index in [2.05, 4.69) is 127 Å². The molecule has 5 nitrogen and oxygen atoms in total. The summed E-state index contributed by atoms with van der Waals surface area (Å²) in [5, 5.41) is 8.67. The molecule has 0 amide bonds. The molecule has 0 radical (unpaired) electrons. The zero-order valence-corrected chi connectivity index (χ0v) is 31.8. The number of benzene rings is 4. The molecule has 1 aliphatic rings. The first kappa shape index (κ1) is 34.3. The van der Waals surface area contributed by atoms with Gasteiger partial charge in [-0.25, -0.2) is 0 Å². The molecule has 7 heteroatoms. The quantitative estimate of drug-likeness (QED) is 0.124. The minimum absolute atomic E-state index is 0. The van der Waals surface area contributed by atoms with Crippen LogP contribution in [-0.4, -0.2) is 18.0 Å². The van der Waals surface area contributed by atoms with Crippen molar-refractivity contribution >= 4 is 52.3 Å². The Morgan fingerprint density at radius 3 is 2.37 bits per heavy atom. The Bertz CT molecular complexity index is 2180. The van der Waals surface area contributed by atoms with E-state index in [1.807, 2.05) is 42.5 Å². The van der Waals surface area contributed by atoms with Crippen LogP contribution in [0.2, 0.25) is 19.6 Å². The summed E-state index contributed by atoms with van der Waals surface area (Å²) in [4.78, 5) is 10.9. The molecule has 49 heavy (non-hydrogen) atoms. The van der Waals surface area contributed by atoms with Crippen molar-refractivity contribution in [3.63, 3.8) is 0 Å². The van der Waals surface area contributed by atoms with Crippen LogP contribution in [0.15, 0.2) is 126 Å². The number of para-hydroxylation sites is 4. The summed E-state index contributed by atoms with van der Waals surface area (Å²) in [6.45, 7) is 11.7. The van der Waals surface area contributed by atoms with Crippen LogP contribution in [0.25, 0.3) is 38.5 Å². The molecule has 8 rings (SSSR count). The van der Waals surface area contributed by atoms with Crippen molar-refractivity contribution in [2.24, 2.45) is 5.92 Å². The third-order valence-electron chi connectivity index (χ3n) is 8.62. The van der Waals surface area contributed by atoms with Gasteiger partial charge in [0.2, 0.25) is 0 Å². The van der Waals surface area contributed by atoms with Gasteiger partial charge in [-0.05, 0) is 71.4 Å². The van der Waals surface area contributed by atoms with Crippen LogP contribution in [0.1, 0.15) is 31.1 Å². The molecular weight excluding hydrogens is 797 g/mol. The van der Waals surface area contributed by atoms with E-state index < -0.39 is 8.07 Å². The summed E-state index contributed by atoms with van der Waals surface area (Å²) in [5.74, 6) is 0.654. The third-order valence-corrected chi connectivity index (χ3v) is 10.7. The maximum absolute atomic E-state index is 6.09. The Labute approximate surface area is 303 Å². The first-order chi connectivity index (χ1) is 23.3. The minimum Gasteiger partial charge on any atom is -0.661 e. The van der Waals surface area contributed by atoms with Crippen LogP contribution in [0.3, 0.4) is 0 Å². The fraction of sp³-hybridized carbons (Fsp3) is 0.190. The normalized spacial score (nSPS) is 13.8. The van der Waals surface area contributed by atoms with Crippen molar-refractivity contribution in [2.75, 3.05) is 4.90 Å². The number of aromatic nitrogens is 2. The van der Waals surface area contributed by atoms with Crippen molar-refractivity contribution in [3.05, 3.63) is 150 Å². The van der Waals surface area contributed by atoms with Gasteiger partial charge in [0.15, 0.2) is 0 Å². The molecule has 0 aliphatic carbocycles. The predicted octanol–water partition coefficient (Wildman–Crippen LogP) is 10.9. The number of fused-ring (bicyclic) bond motifs is 4. The van der Waals surface area contributed by atoms with Gasteiger partial charge in [0, 0.05) is 23.2 Å². The average Bonchev–Trinajstić information content (AvgIpc) is 3.67. The van der Waals surface area contributed by atoms with E-state index in [1.165, 1.54) is 10.8 Å². The summed E-state index contributed by atoms with van der Waals surface area (Å²) in [7, 11) is -1.35. The van der Waals surface area contributed by atoms with Gasteiger partial charge in [-0.15, -0.1) is 17.8 Å². The fourth-order valence-corrected chi connectivity index (χ4v) is 8.00. The zero-order chi connectivity index (χ0) is 33.3. The van der Waals surface area contributed by atoms with Gasteiger partial charge in [0.1, 0.15) is 5.58 Å². The summed E-state index contributed by atoms with van der Waals surface area (Å²) < 4.78 is 6.09. The number of rotatable bonds is 6. The van der Waals surface area contributed by atoms with Crippen LogP contribution in [0, 0.1) is 18.1 Å². The molecule has 0 bridgehead atoms. The molecule has 1 aliphatic heterocycles. The van der Waals surface area contributed by atoms with Gasteiger partial charge in [0.25, 0.3) is 0 Å². The van der Waals surface area contributed by atoms with E-state index in [-0.39, 0.29) is 26.3 Å². The standard InChI is InChI=1S/C25H16N2O.C17H23N2Si.Ir/c1-2-8-18(9-3-1)27-22-12-6-5-11-21(22)26-25(27)17-14-15-20-19-10-4-7-13-23(19)28-24(20)16-17;1-13(2)10-15-11-16(14-6-8-18-9-7-14)19-12-17(15)20(3,4)5;/h1-13,15-16,25H;6,8-9,11-13H,10H2,1-5H3;/q-2;-1;+3. The van der Waals surface area contributed by atoms with Gasteiger partial charge < -0.3 is 19.6 Å². The second kappa shape index (κ2) is 14.5. The van der Waals surface area contributed by atoms with Crippen LogP contribution >= 0.6 is 0 Å². The smallest absolute Gasteiger partial charge is 0.661 e. The molecule has 7 aromatic rings. The molecule has 4 aromatic carbocycles. The minimum atomic E-state index is -1.35. The first-order valence-electron chi connectivity index (χ1n) is 16.5. The largest absolute Gasteiger partial charge is 3.00 e. The van der Waals surface area contributed by atoms with Crippen molar-refractivity contribution in [1.29, 1.82) is 0 Å². The fourth-order valence-electron chi connectivity index (χ4n) is 6.41. The van der Waals surface area contributed by atoms with Gasteiger partial charge in [0.05, 0.1) is 8.07 Å². The average molecular weight is 836 g/mol. The molecule has 0 saturated carbocycles. The maximum atomic E-state index is 6.09. The molecular formula is C42H39IrN4OSi. The van der Waals surface area contributed by atoms with E-state index in [0.29, 0.717) is 5.92 Å². The Balaban J connectivity index is 0.000000177. The Morgan fingerprint density at radius 1 is 0.857 bits per heavy atom. The SMILES string of the molecule is CC(C)Cc1cc(-c2[c-]cncc2)ncc1[Si](C)(C)C.[Ir+3].[c-]1cc2c(cc1C1[N-]c3ccccc3N1c1ccccc1)oc1ccccc12. The van der Waals surface area contributed by atoms with Gasteiger partial charge >= 0.3 is 20.1 Å². The monoisotopic (exact) mass is 836 g/mol. The van der Waals surface area contributed by atoms with Gasteiger partial charge in [-0.2, -0.15) is 29.3 Å². The summed E-state index contributed by atoms with van der Waals surface area (Å²) in [5.41, 5.74) is 9.45. The van der Waals surface area contributed by atoms with Crippen molar-refractivity contribution in [2.45, 2.75) is 46.1 Å². The number of hydrogen-bond donors (Lipinski definition) is 0. The van der Waals surface area contributed by atoms with Crippen LogP contribution < -0.4 is 10.1 Å². The van der Waals surface area contributed by atoms with Crippen molar-refractivity contribution in [3.8, 4) is 11.3 Å². The van der Waals surface area contributed by atoms with E-state index in [9.17, 15) is 0 Å². The maximum Gasteiger partial charge on any atom is 3.00 e. The van der Waals surface area contributed by atoms with E-state index in [1.54, 1.807) is 12.4 Å². The molecule has 1 unspecified atom stereocenters. The van der Waals surface area contributed by atoms with Crippen molar-refractivity contribution in [1.82, 2.24) is 9.97 Å². The molecule has 0 fully saturated rings. The van der Waals surface area contributed by atoms with Gasteiger partial charge in [-0.1, -0.05) is 105 Å². The summed E-state index contributed by atoms with van der Waals surface area (Å²) >= 11 is 0. The van der Waals surface area contributed by atoms with Crippen LogP contribution in [0.4, 0.5) is 17.1 Å². The molecule has 0 spiro atoms. The first-order valence-corrected chi connectivity index (χ1v) is 20.0. The third kappa shape index (κ3) is 7.25. The van der Waals surface area contributed by atoms with Crippen LogP contribution in [0.5, 0.6) is 0 Å². The van der Waals surface area contributed by atoms with Crippen LogP contribution in [-0.2, 0) is 26.5 Å². The van der Waals surface area contributed by atoms with E-state index in [4.69, 9.17) is 9.73 Å². The van der Waals surface area contributed by atoms with Crippen molar-refractivity contribution < 1.29 is 24.5 Å². The van der Waals surface area contributed by atoms with Gasteiger partial charge in [-0.3, -0.25) is 4.98 Å². The number of furan rings is 1. The molecule has 246 valence electrons. The number of hydrogen-bond acceptors (Lipinski definition) is 4. The molecule has 3 aromatic heterocycles. The number of pyridine rings is 2. The molecule has 0 N–H and O–H groups in total. The summed E-state index contributed by atoms with van der Waals surface area (Å²) in [6, 6.07) is 41.7. The topological polar surface area (TPSA) is 56.3 Å². The predicted molar refractivity (Wildman–Crippen MR) is 201 cm³/mol. The second-order valence-electron chi connectivity index (χ2n) is 13.7. The molecule has 4 heterocycles. The van der Waals surface area contributed by atoms with E-state index in [0.717, 1.165) is 62.2 Å².